The van der Waals surface area contributed by atoms with Crippen molar-refractivity contribution < 1.29 is 4.79 Å². The summed E-state index contributed by atoms with van der Waals surface area (Å²) in [5.74, 6) is 0.140. The highest BCUT2D eigenvalue weighted by molar-refractivity contribution is 9.10. The fourth-order valence-electron chi connectivity index (χ4n) is 1.50. The van der Waals surface area contributed by atoms with Gasteiger partial charge in [-0.25, -0.2) is 0 Å². The second-order valence-electron chi connectivity index (χ2n) is 3.92. The van der Waals surface area contributed by atoms with Crippen LogP contribution in [0.15, 0.2) is 29.2 Å². The summed E-state index contributed by atoms with van der Waals surface area (Å²) in [6.07, 6.45) is 2.87. The highest BCUT2D eigenvalue weighted by atomic mass is 79.9. The molecule has 0 saturated heterocycles. The highest BCUT2D eigenvalue weighted by Gasteiger charge is 2.16. The van der Waals surface area contributed by atoms with Gasteiger partial charge in [0.05, 0.1) is 4.83 Å². The van der Waals surface area contributed by atoms with E-state index in [2.05, 4.69) is 46.5 Å². The quantitative estimate of drug-likeness (QED) is 0.612. The van der Waals surface area contributed by atoms with Crippen molar-refractivity contribution in [1.29, 1.82) is 0 Å². The molecule has 2 nitrogen and oxygen atoms in total. The van der Waals surface area contributed by atoms with Crippen molar-refractivity contribution in [3.8, 4) is 0 Å². The molecule has 1 aromatic carbocycles. The lowest BCUT2D eigenvalue weighted by atomic mass is 10.2. The summed E-state index contributed by atoms with van der Waals surface area (Å²) in [5, 5.41) is 0. The van der Waals surface area contributed by atoms with E-state index in [9.17, 15) is 4.79 Å². The average Bonchev–Trinajstić information content (AvgIpc) is 2.37. The van der Waals surface area contributed by atoms with Gasteiger partial charge in [0.2, 0.25) is 5.91 Å². The van der Waals surface area contributed by atoms with E-state index in [1.54, 1.807) is 16.7 Å². The molecule has 0 aliphatic rings. The number of benzene rings is 1. The van der Waals surface area contributed by atoms with Crippen LogP contribution in [0.4, 0.5) is 0 Å². The first kappa shape index (κ1) is 14.6. The van der Waals surface area contributed by atoms with E-state index < -0.39 is 0 Å². The smallest absolute Gasteiger partial charge is 0.236 e. The molecule has 0 aliphatic heterocycles. The number of hydrogen-bond donors (Lipinski definition) is 0. The van der Waals surface area contributed by atoms with Crippen LogP contribution in [0.3, 0.4) is 0 Å². The molecule has 0 aliphatic carbocycles. The zero-order valence-corrected chi connectivity index (χ0v) is 12.8. The van der Waals surface area contributed by atoms with Gasteiger partial charge in [0.1, 0.15) is 0 Å². The number of rotatable bonds is 5. The van der Waals surface area contributed by atoms with Crippen LogP contribution >= 0.6 is 27.7 Å². The van der Waals surface area contributed by atoms with Gasteiger partial charge >= 0.3 is 0 Å². The number of carbonyl (C=O) groups is 1. The van der Waals surface area contributed by atoms with E-state index >= 15 is 0 Å². The molecule has 1 aromatic rings. The van der Waals surface area contributed by atoms with Crippen LogP contribution in [0.1, 0.15) is 18.9 Å². The normalized spacial score (nSPS) is 12.2. The molecule has 0 N–H and O–H groups in total. The third kappa shape index (κ3) is 4.36. The predicted molar refractivity (Wildman–Crippen MR) is 77.7 cm³/mol. The maximum Gasteiger partial charge on any atom is 0.236 e. The largest absolute Gasteiger partial charge is 0.340 e. The van der Waals surface area contributed by atoms with Crippen molar-refractivity contribution in [2.24, 2.45) is 0 Å². The molecule has 1 atom stereocenters. The molecule has 0 saturated carbocycles. The molecule has 17 heavy (non-hydrogen) atoms. The standard InChI is InChI=1S/C13H18BrNOS/c1-4-12(14)13(16)15(2)9-10-5-7-11(17-3)8-6-10/h5-8,12H,4,9H2,1-3H3. The Morgan fingerprint density at radius 2 is 2.00 bits per heavy atom. The molecule has 1 unspecified atom stereocenters. The van der Waals surface area contributed by atoms with Gasteiger partial charge in [-0.05, 0) is 30.4 Å². The molecule has 0 spiro atoms. The molecule has 0 heterocycles. The fraction of sp³-hybridized carbons (Fsp3) is 0.462. The molecule has 94 valence electrons. The summed E-state index contributed by atoms with van der Waals surface area (Å²) in [6.45, 7) is 2.66. The van der Waals surface area contributed by atoms with E-state index in [4.69, 9.17) is 0 Å². The van der Waals surface area contributed by atoms with E-state index in [1.165, 1.54) is 4.90 Å². The van der Waals surface area contributed by atoms with Crippen molar-refractivity contribution in [1.82, 2.24) is 4.90 Å². The monoisotopic (exact) mass is 315 g/mol. The first-order valence-corrected chi connectivity index (χ1v) is 7.74. The summed E-state index contributed by atoms with van der Waals surface area (Å²) < 4.78 is 0. The number of amides is 1. The number of carbonyl (C=O) groups excluding carboxylic acids is 1. The lowest BCUT2D eigenvalue weighted by Crippen LogP contribution is -2.32. The minimum atomic E-state index is -0.0713. The van der Waals surface area contributed by atoms with E-state index in [-0.39, 0.29) is 10.7 Å². The van der Waals surface area contributed by atoms with Gasteiger partial charge in [-0.1, -0.05) is 35.0 Å². The highest BCUT2D eigenvalue weighted by Crippen LogP contribution is 2.16. The molecular weight excluding hydrogens is 298 g/mol. The topological polar surface area (TPSA) is 20.3 Å². The molecule has 4 heteroatoms. The first-order valence-electron chi connectivity index (χ1n) is 5.60. The van der Waals surface area contributed by atoms with Gasteiger partial charge in [0.15, 0.2) is 0 Å². The minimum absolute atomic E-state index is 0.0713. The SMILES string of the molecule is CCC(Br)C(=O)N(C)Cc1ccc(SC)cc1. The Morgan fingerprint density at radius 3 is 2.47 bits per heavy atom. The van der Waals surface area contributed by atoms with Crippen molar-refractivity contribution in [3.63, 3.8) is 0 Å². The van der Waals surface area contributed by atoms with Crippen LogP contribution in [0.25, 0.3) is 0 Å². The molecule has 0 aromatic heterocycles. The molecule has 1 rings (SSSR count). The lowest BCUT2D eigenvalue weighted by molar-refractivity contribution is -0.129. The maximum atomic E-state index is 11.9. The van der Waals surface area contributed by atoms with Gasteiger partial charge in [-0.3, -0.25) is 4.79 Å². The van der Waals surface area contributed by atoms with Gasteiger partial charge in [-0.2, -0.15) is 0 Å². The Balaban J connectivity index is 2.61. The summed E-state index contributed by atoms with van der Waals surface area (Å²) >= 11 is 5.11. The van der Waals surface area contributed by atoms with Crippen LogP contribution in [0, 0.1) is 0 Å². The third-order valence-corrected chi connectivity index (χ3v) is 4.36. The first-order chi connectivity index (χ1) is 8.08. The number of hydrogen-bond acceptors (Lipinski definition) is 2. The third-order valence-electron chi connectivity index (χ3n) is 2.58. The van der Waals surface area contributed by atoms with Crippen LogP contribution in [-0.4, -0.2) is 28.9 Å². The second-order valence-corrected chi connectivity index (χ2v) is 5.90. The van der Waals surface area contributed by atoms with Gasteiger partial charge in [0.25, 0.3) is 0 Å². The molecule has 0 radical (unpaired) electrons. The summed E-state index contributed by atoms with van der Waals surface area (Å²) in [7, 11) is 1.84. The molecule has 1 amide bonds. The van der Waals surface area contributed by atoms with Gasteiger partial charge in [0, 0.05) is 18.5 Å². The number of thioether (sulfide) groups is 1. The zero-order chi connectivity index (χ0) is 12.8. The lowest BCUT2D eigenvalue weighted by Gasteiger charge is -2.20. The Hall–Kier alpha value is -0.480. The fourth-order valence-corrected chi connectivity index (χ4v) is 2.25. The van der Waals surface area contributed by atoms with Gasteiger partial charge < -0.3 is 4.90 Å². The van der Waals surface area contributed by atoms with E-state index in [0.717, 1.165) is 12.0 Å². The van der Waals surface area contributed by atoms with Crippen LogP contribution in [-0.2, 0) is 11.3 Å². The number of alkyl halides is 1. The average molecular weight is 316 g/mol. The van der Waals surface area contributed by atoms with E-state index in [0.29, 0.717) is 6.54 Å². The van der Waals surface area contributed by atoms with Crippen LogP contribution in [0.5, 0.6) is 0 Å². The summed E-state index contributed by atoms with van der Waals surface area (Å²) in [6, 6.07) is 8.32. The number of halogens is 1. The van der Waals surface area contributed by atoms with E-state index in [1.807, 2.05) is 14.0 Å². The molecular formula is C13H18BrNOS. The Labute approximate surface area is 116 Å². The number of nitrogens with zero attached hydrogens (tertiary/aromatic N) is 1. The Morgan fingerprint density at radius 1 is 1.41 bits per heavy atom. The molecule has 0 fully saturated rings. The maximum absolute atomic E-state index is 11.9. The Kier molecular flexibility index (Phi) is 6.06. The van der Waals surface area contributed by atoms with Crippen molar-refractivity contribution >= 4 is 33.6 Å². The minimum Gasteiger partial charge on any atom is -0.340 e. The second kappa shape index (κ2) is 7.07. The summed E-state index contributed by atoms with van der Waals surface area (Å²) in [5.41, 5.74) is 1.16. The molecule has 0 bridgehead atoms. The Bertz CT molecular complexity index is 366. The summed E-state index contributed by atoms with van der Waals surface area (Å²) in [4.78, 5) is 14.8. The van der Waals surface area contributed by atoms with Crippen molar-refractivity contribution in [3.05, 3.63) is 29.8 Å². The predicted octanol–water partition coefficient (Wildman–Crippen LogP) is 3.54. The zero-order valence-electron chi connectivity index (χ0n) is 10.4. The van der Waals surface area contributed by atoms with Crippen molar-refractivity contribution in [2.45, 2.75) is 29.6 Å². The van der Waals surface area contributed by atoms with Crippen LogP contribution in [0.2, 0.25) is 0 Å². The van der Waals surface area contributed by atoms with Gasteiger partial charge in [-0.15, -0.1) is 11.8 Å². The van der Waals surface area contributed by atoms with Crippen LogP contribution < -0.4 is 0 Å². The van der Waals surface area contributed by atoms with Crippen molar-refractivity contribution in [2.75, 3.05) is 13.3 Å².